The second kappa shape index (κ2) is 8.17. The van der Waals surface area contributed by atoms with E-state index in [1.807, 2.05) is 23.1 Å². The molecule has 0 unspecified atom stereocenters. The van der Waals surface area contributed by atoms with Gasteiger partial charge in [-0.25, -0.2) is 4.79 Å². The van der Waals surface area contributed by atoms with Crippen LogP contribution in [0.4, 0.5) is 4.79 Å². The maximum Gasteiger partial charge on any atom is 0.317 e. The quantitative estimate of drug-likeness (QED) is 0.898. The van der Waals surface area contributed by atoms with E-state index in [-0.39, 0.29) is 6.03 Å². The van der Waals surface area contributed by atoms with Crippen molar-refractivity contribution in [3.63, 3.8) is 0 Å². The Hall–Kier alpha value is -2.27. The van der Waals surface area contributed by atoms with E-state index in [4.69, 9.17) is 4.74 Å². The molecule has 0 spiro atoms. The van der Waals surface area contributed by atoms with Crippen LogP contribution >= 0.6 is 0 Å². The minimum absolute atomic E-state index is 0.0319. The second-order valence-electron chi connectivity index (χ2n) is 7.61. The normalized spacial score (nSPS) is 20.8. The van der Waals surface area contributed by atoms with E-state index in [2.05, 4.69) is 28.4 Å². The van der Waals surface area contributed by atoms with Crippen molar-refractivity contribution in [3.05, 3.63) is 42.0 Å². The SMILES string of the molecule is COc1ccc2ccccc2c1CNC(=O)N1CC[C@@H](N2CCCCC2)C1. The lowest BCUT2D eigenvalue weighted by Gasteiger charge is -2.32. The summed E-state index contributed by atoms with van der Waals surface area (Å²) in [4.78, 5) is 17.3. The van der Waals surface area contributed by atoms with Crippen LogP contribution in [0, 0.1) is 0 Å². The van der Waals surface area contributed by atoms with Gasteiger partial charge in [-0.2, -0.15) is 0 Å². The molecule has 27 heavy (non-hydrogen) atoms. The van der Waals surface area contributed by atoms with Gasteiger partial charge in [-0.15, -0.1) is 0 Å². The first-order valence-corrected chi connectivity index (χ1v) is 10.1. The van der Waals surface area contributed by atoms with Gasteiger partial charge >= 0.3 is 6.03 Å². The van der Waals surface area contributed by atoms with Crippen LogP contribution in [-0.2, 0) is 6.54 Å². The number of fused-ring (bicyclic) bond motifs is 1. The van der Waals surface area contributed by atoms with Gasteiger partial charge in [-0.3, -0.25) is 4.90 Å². The van der Waals surface area contributed by atoms with Crippen molar-refractivity contribution in [2.75, 3.05) is 33.3 Å². The predicted molar refractivity (Wildman–Crippen MR) is 108 cm³/mol. The van der Waals surface area contributed by atoms with Gasteiger partial charge in [0.05, 0.1) is 7.11 Å². The highest BCUT2D eigenvalue weighted by Crippen LogP contribution is 2.28. The van der Waals surface area contributed by atoms with Crippen LogP contribution in [0.5, 0.6) is 5.75 Å². The average Bonchev–Trinajstić information content (AvgIpc) is 3.22. The van der Waals surface area contributed by atoms with E-state index in [9.17, 15) is 4.79 Å². The molecule has 2 amide bonds. The van der Waals surface area contributed by atoms with Crippen molar-refractivity contribution in [1.82, 2.24) is 15.1 Å². The van der Waals surface area contributed by atoms with Crippen LogP contribution in [0.3, 0.4) is 0 Å². The highest BCUT2D eigenvalue weighted by molar-refractivity contribution is 5.88. The fourth-order valence-electron chi connectivity index (χ4n) is 4.47. The molecule has 0 radical (unpaired) electrons. The Bertz CT molecular complexity index is 801. The van der Waals surface area contributed by atoms with Crippen LogP contribution in [0.25, 0.3) is 10.8 Å². The van der Waals surface area contributed by atoms with Crippen molar-refractivity contribution < 1.29 is 9.53 Å². The van der Waals surface area contributed by atoms with Crippen molar-refractivity contribution in [2.24, 2.45) is 0 Å². The summed E-state index contributed by atoms with van der Waals surface area (Å²) >= 11 is 0. The van der Waals surface area contributed by atoms with Crippen molar-refractivity contribution in [1.29, 1.82) is 0 Å². The van der Waals surface area contributed by atoms with Gasteiger partial charge in [0, 0.05) is 31.2 Å². The molecule has 2 aromatic rings. The van der Waals surface area contributed by atoms with E-state index >= 15 is 0 Å². The van der Waals surface area contributed by atoms with Gasteiger partial charge < -0.3 is 15.0 Å². The Kier molecular flexibility index (Phi) is 5.48. The molecule has 0 bridgehead atoms. The monoisotopic (exact) mass is 367 g/mol. The van der Waals surface area contributed by atoms with Gasteiger partial charge in [0.15, 0.2) is 0 Å². The lowest BCUT2D eigenvalue weighted by Crippen LogP contribution is -2.43. The minimum Gasteiger partial charge on any atom is -0.496 e. The maximum absolute atomic E-state index is 12.7. The number of nitrogens with zero attached hydrogens (tertiary/aromatic N) is 2. The molecule has 2 saturated heterocycles. The smallest absolute Gasteiger partial charge is 0.317 e. The molecule has 2 aliphatic heterocycles. The molecule has 2 fully saturated rings. The fraction of sp³-hybridized carbons (Fsp3) is 0.500. The molecule has 144 valence electrons. The molecule has 5 heteroatoms. The van der Waals surface area contributed by atoms with E-state index in [1.165, 1.54) is 32.4 Å². The highest BCUT2D eigenvalue weighted by Gasteiger charge is 2.30. The fourth-order valence-corrected chi connectivity index (χ4v) is 4.47. The van der Waals surface area contributed by atoms with Crippen LogP contribution in [-0.4, -0.2) is 55.2 Å². The third-order valence-electron chi connectivity index (χ3n) is 5.99. The van der Waals surface area contributed by atoms with Crippen LogP contribution in [0.1, 0.15) is 31.2 Å². The standard InChI is InChI=1S/C22H29N3O2/c1-27-21-10-9-17-7-3-4-8-19(17)20(21)15-23-22(26)25-14-11-18(16-25)24-12-5-2-6-13-24/h3-4,7-10,18H,2,5-6,11-16H2,1H3,(H,23,26)/t18-/m1/s1. The van der Waals surface area contributed by atoms with Gasteiger partial charge in [-0.1, -0.05) is 36.8 Å². The summed E-state index contributed by atoms with van der Waals surface area (Å²) < 4.78 is 5.54. The number of methoxy groups -OCH3 is 1. The summed E-state index contributed by atoms with van der Waals surface area (Å²) in [6.45, 7) is 4.55. The Morgan fingerprint density at radius 1 is 1.11 bits per heavy atom. The Morgan fingerprint density at radius 2 is 1.93 bits per heavy atom. The van der Waals surface area contributed by atoms with Crippen molar-refractivity contribution in [3.8, 4) is 5.75 Å². The Balaban J connectivity index is 1.40. The molecule has 4 rings (SSSR count). The average molecular weight is 367 g/mol. The minimum atomic E-state index is 0.0319. The third-order valence-corrected chi connectivity index (χ3v) is 5.99. The molecule has 5 nitrogen and oxygen atoms in total. The molecule has 0 aliphatic carbocycles. The molecular formula is C22H29N3O2. The number of likely N-dealkylation sites (tertiary alicyclic amines) is 2. The van der Waals surface area contributed by atoms with E-state index in [1.54, 1.807) is 7.11 Å². The first kappa shape index (κ1) is 18.1. The second-order valence-corrected chi connectivity index (χ2v) is 7.61. The zero-order valence-corrected chi connectivity index (χ0v) is 16.1. The molecule has 2 heterocycles. The zero-order chi connectivity index (χ0) is 18.6. The molecular weight excluding hydrogens is 338 g/mol. The van der Waals surface area contributed by atoms with Crippen molar-refractivity contribution in [2.45, 2.75) is 38.3 Å². The number of amides is 2. The Labute approximate surface area is 161 Å². The van der Waals surface area contributed by atoms with Crippen LogP contribution < -0.4 is 10.1 Å². The molecule has 2 aliphatic rings. The largest absolute Gasteiger partial charge is 0.496 e. The van der Waals surface area contributed by atoms with Gasteiger partial charge in [-0.05, 0) is 49.2 Å². The summed E-state index contributed by atoms with van der Waals surface area (Å²) in [7, 11) is 1.68. The predicted octanol–water partition coefficient (Wildman–Crippen LogP) is 3.62. The van der Waals surface area contributed by atoms with Crippen LogP contribution in [0.15, 0.2) is 36.4 Å². The summed E-state index contributed by atoms with van der Waals surface area (Å²) in [5.41, 5.74) is 1.04. The molecule has 1 atom stereocenters. The number of urea groups is 1. The number of piperidine rings is 1. The van der Waals surface area contributed by atoms with Gasteiger partial charge in [0.25, 0.3) is 0 Å². The Morgan fingerprint density at radius 3 is 2.74 bits per heavy atom. The molecule has 2 aromatic carbocycles. The number of benzene rings is 2. The molecule has 0 saturated carbocycles. The summed E-state index contributed by atoms with van der Waals surface area (Å²) in [5, 5.41) is 5.41. The molecule has 0 aromatic heterocycles. The lowest BCUT2D eigenvalue weighted by atomic mass is 10.0. The number of hydrogen-bond donors (Lipinski definition) is 1. The number of nitrogens with one attached hydrogen (secondary N) is 1. The number of carbonyl (C=O) groups excluding carboxylic acids is 1. The van der Waals surface area contributed by atoms with E-state index in [0.717, 1.165) is 41.6 Å². The summed E-state index contributed by atoms with van der Waals surface area (Å²) in [6, 6.07) is 12.8. The number of rotatable bonds is 4. The summed E-state index contributed by atoms with van der Waals surface area (Å²) in [5.74, 6) is 0.821. The topological polar surface area (TPSA) is 44.8 Å². The number of carbonyl (C=O) groups is 1. The van der Waals surface area contributed by atoms with E-state index in [0.29, 0.717) is 12.6 Å². The first-order chi connectivity index (χ1) is 13.3. The maximum atomic E-state index is 12.7. The zero-order valence-electron chi connectivity index (χ0n) is 16.1. The van der Waals surface area contributed by atoms with Gasteiger partial charge in [0.2, 0.25) is 0 Å². The van der Waals surface area contributed by atoms with Crippen LogP contribution in [0.2, 0.25) is 0 Å². The number of ether oxygens (including phenoxy) is 1. The highest BCUT2D eigenvalue weighted by atomic mass is 16.5. The lowest BCUT2D eigenvalue weighted by molar-refractivity contribution is 0.161. The van der Waals surface area contributed by atoms with Crippen molar-refractivity contribution >= 4 is 16.8 Å². The third kappa shape index (κ3) is 3.88. The van der Waals surface area contributed by atoms with Gasteiger partial charge in [0.1, 0.15) is 5.75 Å². The molecule has 1 N–H and O–H groups in total. The summed E-state index contributed by atoms with van der Waals surface area (Å²) in [6.07, 6.45) is 5.03. The van der Waals surface area contributed by atoms with E-state index < -0.39 is 0 Å². The number of hydrogen-bond acceptors (Lipinski definition) is 3. The first-order valence-electron chi connectivity index (χ1n) is 10.1.